The van der Waals surface area contributed by atoms with Crippen LogP contribution in [-0.4, -0.2) is 44.6 Å². The van der Waals surface area contributed by atoms with Crippen LogP contribution in [0.15, 0.2) is 0 Å². The second-order valence-electron chi connectivity index (χ2n) is 5.62. The molecule has 118 valence electrons. The number of unbranched alkanes of at least 4 members (excludes halogenated alkanes) is 3. The van der Waals surface area contributed by atoms with Crippen molar-refractivity contribution >= 4 is 15.8 Å². The molecule has 1 N–H and O–H groups in total. The van der Waals surface area contributed by atoms with Crippen LogP contribution < -0.4 is 5.32 Å². The molecule has 20 heavy (non-hydrogen) atoms. The Hall–Kier alpha value is -0.620. The van der Waals surface area contributed by atoms with Crippen LogP contribution in [0.4, 0.5) is 0 Å². The van der Waals surface area contributed by atoms with Gasteiger partial charge in [-0.2, -0.15) is 0 Å². The highest BCUT2D eigenvalue weighted by molar-refractivity contribution is 7.91. The molecule has 1 saturated heterocycles. The predicted molar refractivity (Wildman–Crippen MR) is 79.4 cm³/mol. The largest absolute Gasteiger partial charge is 0.463 e. The fraction of sp³-hybridized carbons (Fsp3) is 0.929. The van der Waals surface area contributed by atoms with Gasteiger partial charge in [-0.3, -0.25) is 4.79 Å². The van der Waals surface area contributed by atoms with Gasteiger partial charge < -0.3 is 10.1 Å². The second kappa shape index (κ2) is 8.62. The molecule has 1 fully saturated rings. The fourth-order valence-electron chi connectivity index (χ4n) is 2.39. The van der Waals surface area contributed by atoms with Gasteiger partial charge in [0.05, 0.1) is 24.0 Å². The van der Waals surface area contributed by atoms with E-state index in [0.717, 1.165) is 12.8 Å². The van der Waals surface area contributed by atoms with Crippen molar-refractivity contribution in [2.75, 3.05) is 18.1 Å². The lowest BCUT2D eigenvalue weighted by atomic mass is 10.1. The standard InChI is InChI=1S/C14H27NO4S/c1-3-4-5-6-7-12(2)19-14(16)10-13-11-20(17,18)9-8-15-13/h12-13,15H,3-11H2,1-2H3. The van der Waals surface area contributed by atoms with E-state index in [4.69, 9.17) is 4.74 Å². The Kier molecular flexibility index (Phi) is 7.51. The average molecular weight is 305 g/mol. The van der Waals surface area contributed by atoms with Crippen LogP contribution in [0.3, 0.4) is 0 Å². The monoisotopic (exact) mass is 305 g/mol. The van der Waals surface area contributed by atoms with E-state index < -0.39 is 9.84 Å². The molecule has 2 unspecified atom stereocenters. The lowest BCUT2D eigenvalue weighted by Crippen LogP contribution is -2.46. The molecular formula is C14H27NO4S. The number of sulfone groups is 1. The molecule has 5 nitrogen and oxygen atoms in total. The molecule has 6 heteroatoms. The van der Waals surface area contributed by atoms with Crippen molar-refractivity contribution in [2.45, 2.75) is 64.5 Å². The van der Waals surface area contributed by atoms with Crippen LogP contribution in [-0.2, 0) is 19.4 Å². The van der Waals surface area contributed by atoms with Crippen molar-refractivity contribution in [3.8, 4) is 0 Å². The van der Waals surface area contributed by atoms with Crippen LogP contribution >= 0.6 is 0 Å². The van der Waals surface area contributed by atoms with E-state index in [-0.39, 0.29) is 36.0 Å². The van der Waals surface area contributed by atoms with Crippen LogP contribution in [0.2, 0.25) is 0 Å². The van der Waals surface area contributed by atoms with Crippen molar-refractivity contribution in [2.24, 2.45) is 0 Å². The molecule has 0 aliphatic carbocycles. The summed E-state index contributed by atoms with van der Waals surface area (Å²) in [6.45, 7) is 4.48. The lowest BCUT2D eigenvalue weighted by Gasteiger charge is -2.23. The number of rotatable bonds is 8. The molecule has 1 aliphatic heterocycles. The highest BCUT2D eigenvalue weighted by atomic mass is 32.2. The molecular weight excluding hydrogens is 278 g/mol. The first-order valence-corrected chi connectivity index (χ1v) is 9.38. The molecule has 1 aliphatic rings. The fourth-order valence-corrected chi connectivity index (χ4v) is 3.83. The molecule has 0 radical (unpaired) electrons. The van der Waals surface area contributed by atoms with E-state index in [0.29, 0.717) is 6.54 Å². The van der Waals surface area contributed by atoms with E-state index in [1.54, 1.807) is 0 Å². The van der Waals surface area contributed by atoms with Crippen molar-refractivity contribution in [3.63, 3.8) is 0 Å². The minimum atomic E-state index is -3.00. The van der Waals surface area contributed by atoms with Crippen LogP contribution in [0.1, 0.15) is 52.4 Å². The Labute approximate surface area is 122 Å². The Balaban J connectivity index is 2.22. The maximum absolute atomic E-state index is 11.8. The minimum absolute atomic E-state index is 0.0347. The third-order valence-electron chi connectivity index (χ3n) is 3.51. The zero-order valence-electron chi connectivity index (χ0n) is 12.6. The Bertz CT molecular complexity index is 394. The van der Waals surface area contributed by atoms with E-state index >= 15 is 0 Å². The smallest absolute Gasteiger partial charge is 0.307 e. The van der Waals surface area contributed by atoms with Gasteiger partial charge in [0.1, 0.15) is 0 Å². The lowest BCUT2D eigenvalue weighted by molar-refractivity contribution is -0.149. The summed E-state index contributed by atoms with van der Waals surface area (Å²) in [5.74, 6) is -0.109. The van der Waals surface area contributed by atoms with Crippen LogP contribution in [0.5, 0.6) is 0 Å². The van der Waals surface area contributed by atoms with Crippen molar-refractivity contribution < 1.29 is 17.9 Å². The number of esters is 1. The maximum atomic E-state index is 11.8. The Morgan fingerprint density at radius 2 is 2.10 bits per heavy atom. The van der Waals surface area contributed by atoms with Gasteiger partial charge in [0.2, 0.25) is 0 Å². The summed E-state index contributed by atoms with van der Waals surface area (Å²) >= 11 is 0. The SMILES string of the molecule is CCCCCCC(C)OC(=O)CC1CS(=O)(=O)CCN1. The first-order valence-electron chi connectivity index (χ1n) is 7.56. The van der Waals surface area contributed by atoms with E-state index in [2.05, 4.69) is 12.2 Å². The average Bonchev–Trinajstić information content (AvgIpc) is 2.33. The summed E-state index contributed by atoms with van der Waals surface area (Å²) < 4.78 is 28.3. The van der Waals surface area contributed by atoms with Crippen LogP contribution in [0.25, 0.3) is 0 Å². The first-order chi connectivity index (χ1) is 9.43. The van der Waals surface area contributed by atoms with Crippen molar-refractivity contribution in [1.29, 1.82) is 0 Å². The molecule has 1 rings (SSSR count). The summed E-state index contributed by atoms with van der Waals surface area (Å²) in [6, 6.07) is -0.298. The molecule has 0 amide bonds. The third kappa shape index (κ3) is 7.24. The van der Waals surface area contributed by atoms with Gasteiger partial charge in [-0.05, 0) is 19.8 Å². The van der Waals surface area contributed by atoms with Gasteiger partial charge in [0, 0.05) is 12.6 Å². The Morgan fingerprint density at radius 3 is 2.75 bits per heavy atom. The molecule has 0 aromatic heterocycles. The van der Waals surface area contributed by atoms with Gasteiger partial charge >= 0.3 is 5.97 Å². The number of ether oxygens (including phenoxy) is 1. The van der Waals surface area contributed by atoms with Gasteiger partial charge in [0.25, 0.3) is 0 Å². The second-order valence-corrected chi connectivity index (χ2v) is 7.85. The molecule has 0 aromatic carbocycles. The van der Waals surface area contributed by atoms with Crippen LogP contribution in [0, 0.1) is 0 Å². The van der Waals surface area contributed by atoms with Gasteiger partial charge in [0.15, 0.2) is 9.84 Å². The van der Waals surface area contributed by atoms with E-state index in [1.165, 1.54) is 19.3 Å². The zero-order chi connectivity index (χ0) is 15.0. The van der Waals surface area contributed by atoms with E-state index in [1.807, 2.05) is 6.92 Å². The summed E-state index contributed by atoms with van der Waals surface area (Å²) in [4.78, 5) is 11.8. The van der Waals surface area contributed by atoms with Crippen molar-refractivity contribution in [1.82, 2.24) is 5.32 Å². The summed E-state index contributed by atoms with van der Waals surface area (Å²) in [6.07, 6.45) is 5.57. The molecule has 0 saturated carbocycles. The van der Waals surface area contributed by atoms with Gasteiger partial charge in [-0.25, -0.2) is 8.42 Å². The number of carbonyl (C=O) groups is 1. The minimum Gasteiger partial charge on any atom is -0.463 e. The highest BCUT2D eigenvalue weighted by Crippen LogP contribution is 2.11. The number of carbonyl (C=O) groups excluding carboxylic acids is 1. The van der Waals surface area contributed by atoms with Crippen molar-refractivity contribution in [3.05, 3.63) is 0 Å². The van der Waals surface area contributed by atoms with E-state index in [9.17, 15) is 13.2 Å². The predicted octanol–water partition coefficient (Wildman–Crippen LogP) is 1.67. The molecule has 0 spiro atoms. The first kappa shape index (κ1) is 17.4. The zero-order valence-corrected chi connectivity index (χ0v) is 13.4. The topological polar surface area (TPSA) is 72.5 Å². The summed E-state index contributed by atoms with van der Waals surface area (Å²) in [5.41, 5.74) is 0. The van der Waals surface area contributed by atoms with Gasteiger partial charge in [-0.1, -0.05) is 26.2 Å². The number of hydrogen-bond acceptors (Lipinski definition) is 5. The third-order valence-corrected chi connectivity index (χ3v) is 5.25. The highest BCUT2D eigenvalue weighted by Gasteiger charge is 2.26. The molecule has 1 heterocycles. The van der Waals surface area contributed by atoms with Gasteiger partial charge in [-0.15, -0.1) is 0 Å². The molecule has 0 aromatic rings. The number of hydrogen-bond donors (Lipinski definition) is 1. The maximum Gasteiger partial charge on any atom is 0.307 e. The summed E-state index contributed by atoms with van der Waals surface area (Å²) in [5, 5.41) is 3.06. The number of nitrogens with one attached hydrogen (secondary N) is 1. The Morgan fingerprint density at radius 1 is 1.35 bits per heavy atom. The molecule has 2 atom stereocenters. The normalized spacial score (nSPS) is 23.2. The quantitative estimate of drug-likeness (QED) is 0.545. The summed E-state index contributed by atoms with van der Waals surface area (Å²) in [7, 11) is -3.00. The molecule has 0 bridgehead atoms.